The summed E-state index contributed by atoms with van der Waals surface area (Å²) in [5.41, 5.74) is 9.65. The number of nitrogens with two attached hydrogens (primary N) is 1. The van der Waals surface area contributed by atoms with Gasteiger partial charge in [-0.3, -0.25) is 4.79 Å². The molecule has 0 aromatic heterocycles. The molecule has 0 spiro atoms. The van der Waals surface area contributed by atoms with Crippen molar-refractivity contribution in [2.24, 2.45) is 5.73 Å². The second-order valence-corrected chi connectivity index (χ2v) is 6.92. The van der Waals surface area contributed by atoms with Crippen LogP contribution in [0.5, 0.6) is 11.5 Å². The minimum absolute atomic E-state index is 0. The molecule has 1 atom stereocenters. The predicted molar refractivity (Wildman–Crippen MR) is 124 cm³/mol. The van der Waals surface area contributed by atoms with Crippen LogP contribution in [0.3, 0.4) is 0 Å². The molecular weight excluding hydrogens is 400 g/mol. The number of hydrogen-bond acceptors (Lipinski definition) is 4. The van der Waals surface area contributed by atoms with E-state index < -0.39 is 0 Å². The largest absolute Gasteiger partial charge is 0.493 e. The molecule has 6 heteroatoms. The van der Waals surface area contributed by atoms with Gasteiger partial charge in [-0.1, -0.05) is 54.6 Å². The summed E-state index contributed by atoms with van der Waals surface area (Å²) in [7, 11) is 1.58. The van der Waals surface area contributed by atoms with Gasteiger partial charge in [-0.2, -0.15) is 0 Å². The van der Waals surface area contributed by atoms with Gasteiger partial charge in [0.25, 0.3) is 5.91 Å². The van der Waals surface area contributed by atoms with Gasteiger partial charge in [-0.25, -0.2) is 0 Å². The molecule has 0 radical (unpaired) electrons. The molecule has 0 saturated carbocycles. The van der Waals surface area contributed by atoms with Crippen molar-refractivity contribution in [3.8, 4) is 22.6 Å². The zero-order chi connectivity index (χ0) is 20.6. The number of para-hydroxylation sites is 1. The summed E-state index contributed by atoms with van der Waals surface area (Å²) in [4.78, 5) is 12.5. The normalized spacial score (nSPS) is 11.2. The molecule has 3 aromatic carbocycles. The van der Waals surface area contributed by atoms with Crippen LogP contribution in [0.1, 0.15) is 12.5 Å². The standard InChI is InChI=1S/C24H26N2O3.ClH/c1-17(25)14-18-12-13-22(23(15-18)28-2)29-16-24(27)26-21-11-7-6-10-20(21)19-8-4-3-5-9-19;/h3-13,15,17H,14,16,25H2,1-2H3,(H,26,27);1H. The van der Waals surface area contributed by atoms with E-state index in [1.807, 2.05) is 79.7 Å². The molecule has 0 aliphatic heterocycles. The number of nitrogens with one attached hydrogen (secondary N) is 1. The van der Waals surface area contributed by atoms with Crippen LogP contribution < -0.4 is 20.5 Å². The molecular formula is C24H27ClN2O3. The molecule has 0 fully saturated rings. The number of ether oxygens (including phenoxy) is 2. The third-order valence-electron chi connectivity index (χ3n) is 4.43. The number of methoxy groups -OCH3 is 1. The first-order chi connectivity index (χ1) is 14.1. The molecule has 3 N–H and O–H groups in total. The van der Waals surface area contributed by atoms with E-state index in [2.05, 4.69) is 5.32 Å². The highest BCUT2D eigenvalue weighted by Gasteiger charge is 2.12. The van der Waals surface area contributed by atoms with Crippen molar-refractivity contribution in [1.82, 2.24) is 0 Å². The molecule has 158 valence electrons. The summed E-state index contributed by atoms with van der Waals surface area (Å²) in [6.45, 7) is 1.83. The van der Waals surface area contributed by atoms with E-state index in [0.29, 0.717) is 11.5 Å². The van der Waals surface area contributed by atoms with Crippen LogP contribution >= 0.6 is 12.4 Å². The summed E-state index contributed by atoms with van der Waals surface area (Å²) in [5.74, 6) is 0.864. The Morgan fingerprint density at radius 3 is 2.40 bits per heavy atom. The first-order valence-electron chi connectivity index (χ1n) is 9.56. The van der Waals surface area contributed by atoms with Crippen molar-refractivity contribution in [3.63, 3.8) is 0 Å². The number of rotatable bonds is 8. The van der Waals surface area contributed by atoms with Gasteiger partial charge in [-0.05, 0) is 42.7 Å². The van der Waals surface area contributed by atoms with Crippen molar-refractivity contribution in [2.45, 2.75) is 19.4 Å². The Kier molecular flexibility index (Phi) is 8.71. The van der Waals surface area contributed by atoms with Crippen molar-refractivity contribution < 1.29 is 14.3 Å². The predicted octanol–water partition coefficient (Wildman–Crippen LogP) is 4.69. The summed E-state index contributed by atoms with van der Waals surface area (Å²) in [5, 5.41) is 2.93. The Bertz CT molecular complexity index is 962. The molecule has 5 nitrogen and oxygen atoms in total. The van der Waals surface area contributed by atoms with Crippen LogP contribution in [-0.4, -0.2) is 25.7 Å². The molecule has 30 heavy (non-hydrogen) atoms. The summed E-state index contributed by atoms with van der Waals surface area (Å²) >= 11 is 0. The van der Waals surface area contributed by atoms with Crippen LogP contribution in [0.15, 0.2) is 72.8 Å². The zero-order valence-corrected chi connectivity index (χ0v) is 17.9. The lowest BCUT2D eigenvalue weighted by Crippen LogP contribution is -2.21. The SMILES string of the molecule is COc1cc(CC(C)N)ccc1OCC(=O)Nc1ccccc1-c1ccccc1.Cl. The number of carbonyl (C=O) groups excluding carboxylic acids is 1. The Hall–Kier alpha value is -3.02. The highest BCUT2D eigenvalue weighted by molar-refractivity contribution is 5.96. The number of amides is 1. The van der Waals surface area contributed by atoms with Crippen molar-refractivity contribution in [2.75, 3.05) is 19.0 Å². The summed E-state index contributed by atoms with van der Waals surface area (Å²) in [6, 6.07) is 23.3. The average molecular weight is 427 g/mol. The fourth-order valence-electron chi connectivity index (χ4n) is 3.12. The molecule has 0 aliphatic rings. The van der Waals surface area contributed by atoms with Crippen molar-refractivity contribution in [1.29, 1.82) is 0 Å². The third-order valence-corrected chi connectivity index (χ3v) is 4.43. The topological polar surface area (TPSA) is 73.6 Å². The lowest BCUT2D eigenvalue weighted by Gasteiger charge is -2.14. The van der Waals surface area contributed by atoms with Gasteiger partial charge in [-0.15, -0.1) is 12.4 Å². The zero-order valence-electron chi connectivity index (χ0n) is 17.1. The van der Waals surface area contributed by atoms with Gasteiger partial charge in [0.15, 0.2) is 18.1 Å². The van der Waals surface area contributed by atoms with Crippen LogP contribution in [0.4, 0.5) is 5.69 Å². The maximum atomic E-state index is 12.5. The molecule has 0 bridgehead atoms. The molecule has 1 unspecified atom stereocenters. The smallest absolute Gasteiger partial charge is 0.262 e. The van der Waals surface area contributed by atoms with Gasteiger partial charge in [0.1, 0.15) is 0 Å². The quantitative estimate of drug-likeness (QED) is 0.548. The van der Waals surface area contributed by atoms with E-state index >= 15 is 0 Å². The average Bonchev–Trinajstić information content (AvgIpc) is 2.73. The minimum atomic E-state index is -0.241. The van der Waals surface area contributed by atoms with Crippen LogP contribution in [0.25, 0.3) is 11.1 Å². The second-order valence-electron chi connectivity index (χ2n) is 6.92. The van der Waals surface area contributed by atoms with E-state index in [1.165, 1.54) is 0 Å². The van der Waals surface area contributed by atoms with Crippen LogP contribution in [-0.2, 0) is 11.2 Å². The van der Waals surface area contributed by atoms with Gasteiger partial charge in [0.2, 0.25) is 0 Å². The number of benzene rings is 3. The van der Waals surface area contributed by atoms with Crippen LogP contribution in [0, 0.1) is 0 Å². The summed E-state index contributed by atoms with van der Waals surface area (Å²) in [6.07, 6.45) is 0.743. The minimum Gasteiger partial charge on any atom is -0.493 e. The van der Waals surface area contributed by atoms with Gasteiger partial charge in [0, 0.05) is 17.3 Å². The van der Waals surface area contributed by atoms with E-state index in [4.69, 9.17) is 15.2 Å². The van der Waals surface area contributed by atoms with Gasteiger partial charge < -0.3 is 20.5 Å². The lowest BCUT2D eigenvalue weighted by atomic mass is 10.0. The van der Waals surface area contributed by atoms with E-state index in [0.717, 1.165) is 28.8 Å². The maximum Gasteiger partial charge on any atom is 0.262 e. The lowest BCUT2D eigenvalue weighted by molar-refractivity contribution is -0.118. The first-order valence-corrected chi connectivity index (χ1v) is 9.56. The number of carbonyl (C=O) groups is 1. The van der Waals surface area contributed by atoms with Gasteiger partial charge in [0.05, 0.1) is 7.11 Å². The fraction of sp³-hybridized carbons (Fsp3) is 0.208. The Labute approximate surface area is 183 Å². The van der Waals surface area contributed by atoms with Crippen LogP contribution in [0.2, 0.25) is 0 Å². The molecule has 3 aromatic rings. The van der Waals surface area contributed by atoms with Gasteiger partial charge >= 0.3 is 0 Å². The first kappa shape index (κ1) is 23.3. The molecule has 0 heterocycles. The second kappa shape index (κ2) is 11.2. The number of hydrogen-bond donors (Lipinski definition) is 2. The van der Waals surface area contributed by atoms with E-state index in [-0.39, 0.29) is 31.0 Å². The maximum absolute atomic E-state index is 12.5. The van der Waals surface area contributed by atoms with Crippen molar-refractivity contribution in [3.05, 3.63) is 78.4 Å². The molecule has 1 amide bonds. The Morgan fingerprint density at radius 1 is 1.00 bits per heavy atom. The van der Waals surface area contributed by atoms with Crippen molar-refractivity contribution >= 4 is 24.0 Å². The molecule has 0 saturated heterocycles. The van der Waals surface area contributed by atoms with E-state index in [1.54, 1.807) is 7.11 Å². The monoisotopic (exact) mass is 426 g/mol. The number of halogens is 1. The highest BCUT2D eigenvalue weighted by Crippen LogP contribution is 2.29. The molecule has 0 aliphatic carbocycles. The Balaban J connectivity index is 0.00000320. The Morgan fingerprint density at radius 2 is 1.70 bits per heavy atom. The molecule has 3 rings (SSSR count). The number of anilines is 1. The third kappa shape index (κ3) is 6.24. The van der Waals surface area contributed by atoms with E-state index in [9.17, 15) is 4.79 Å². The fourth-order valence-corrected chi connectivity index (χ4v) is 3.12. The summed E-state index contributed by atoms with van der Waals surface area (Å²) < 4.78 is 11.1. The highest BCUT2D eigenvalue weighted by atomic mass is 35.5.